The molecule has 2 N–H and O–H groups in total. The molecule has 1 saturated heterocycles. The minimum absolute atomic E-state index is 0.0148. The molecule has 0 saturated carbocycles. The van der Waals surface area contributed by atoms with E-state index in [4.69, 9.17) is 9.47 Å². The number of hydrogen-bond donors (Lipinski definition) is 2. The number of carbonyl (C=O) groups excluding carboxylic acids is 1. The zero-order valence-corrected chi connectivity index (χ0v) is 15.4. The number of anilines is 1. The standard InChI is InChI=1S/C18H19FN2O5S/c1-25-17-7-6-13(27(23,24)21-12-8-9-26-11-12)10-14(17)18(22)20-16-5-3-2-4-15(16)19/h2-7,10,12,21H,8-9,11H2,1H3,(H,20,22). The quantitative estimate of drug-likeness (QED) is 0.783. The van der Waals surface area contributed by atoms with Crippen LogP contribution < -0.4 is 14.8 Å². The predicted molar refractivity (Wildman–Crippen MR) is 96.9 cm³/mol. The molecule has 1 atom stereocenters. The van der Waals surface area contributed by atoms with Crippen molar-refractivity contribution in [3.8, 4) is 5.75 Å². The number of hydrogen-bond acceptors (Lipinski definition) is 5. The van der Waals surface area contributed by atoms with E-state index >= 15 is 0 Å². The molecule has 0 aromatic heterocycles. The lowest BCUT2D eigenvalue weighted by atomic mass is 10.2. The molecular formula is C18H19FN2O5S. The highest BCUT2D eigenvalue weighted by Crippen LogP contribution is 2.25. The van der Waals surface area contributed by atoms with Crippen molar-refractivity contribution in [2.45, 2.75) is 17.4 Å². The van der Waals surface area contributed by atoms with Gasteiger partial charge in [0.2, 0.25) is 10.0 Å². The zero-order valence-electron chi connectivity index (χ0n) is 14.6. The number of rotatable bonds is 6. The van der Waals surface area contributed by atoms with Gasteiger partial charge in [0.15, 0.2) is 0 Å². The molecule has 0 bridgehead atoms. The van der Waals surface area contributed by atoms with Crippen LogP contribution in [0.15, 0.2) is 47.4 Å². The average Bonchev–Trinajstić information content (AvgIpc) is 3.15. The Balaban J connectivity index is 1.89. The number of halogens is 1. The van der Waals surface area contributed by atoms with E-state index in [1.165, 1.54) is 43.5 Å². The Hall–Kier alpha value is -2.49. The van der Waals surface area contributed by atoms with Crippen LogP contribution in [0.1, 0.15) is 16.8 Å². The van der Waals surface area contributed by atoms with Gasteiger partial charge in [-0.1, -0.05) is 12.1 Å². The highest BCUT2D eigenvalue weighted by molar-refractivity contribution is 7.89. The highest BCUT2D eigenvalue weighted by Gasteiger charge is 2.25. The van der Waals surface area contributed by atoms with Gasteiger partial charge in [-0.3, -0.25) is 4.79 Å². The van der Waals surface area contributed by atoms with E-state index in [-0.39, 0.29) is 27.9 Å². The fraction of sp³-hybridized carbons (Fsp3) is 0.278. The molecule has 1 aliphatic heterocycles. The van der Waals surface area contributed by atoms with Crippen LogP contribution in [-0.4, -0.2) is 40.7 Å². The second-order valence-corrected chi connectivity index (χ2v) is 7.69. The first-order chi connectivity index (χ1) is 12.9. The van der Waals surface area contributed by atoms with Gasteiger partial charge in [0.25, 0.3) is 5.91 Å². The number of sulfonamides is 1. The van der Waals surface area contributed by atoms with Crippen LogP contribution in [0, 0.1) is 5.82 Å². The summed E-state index contributed by atoms with van der Waals surface area (Å²) < 4.78 is 51.8. The van der Waals surface area contributed by atoms with Crippen molar-refractivity contribution in [1.29, 1.82) is 0 Å². The molecule has 1 heterocycles. The Morgan fingerprint density at radius 1 is 1.26 bits per heavy atom. The Morgan fingerprint density at radius 2 is 2.04 bits per heavy atom. The van der Waals surface area contributed by atoms with Gasteiger partial charge in [0.05, 0.1) is 29.9 Å². The summed E-state index contributed by atoms with van der Waals surface area (Å²) in [6.45, 7) is 0.794. The minimum atomic E-state index is -3.85. The molecule has 0 radical (unpaired) electrons. The number of para-hydroxylation sites is 1. The maximum absolute atomic E-state index is 13.8. The SMILES string of the molecule is COc1ccc(S(=O)(=O)NC2CCOC2)cc1C(=O)Nc1ccccc1F. The molecule has 1 fully saturated rings. The van der Waals surface area contributed by atoms with E-state index in [1.807, 2.05) is 0 Å². The Labute approximate surface area is 156 Å². The Bertz CT molecular complexity index is 943. The molecular weight excluding hydrogens is 375 g/mol. The van der Waals surface area contributed by atoms with Crippen LogP contribution in [-0.2, 0) is 14.8 Å². The van der Waals surface area contributed by atoms with Crippen molar-refractivity contribution >= 4 is 21.6 Å². The molecule has 9 heteroatoms. The molecule has 7 nitrogen and oxygen atoms in total. The fourth-order valence-corrected chi connectivity index (χ4v) is 3.98. The average molecular weight is 394 g/mol. The summed E-state index contributed by atoms with van der Waals surface area (Å²) in [5.74, 6) is -1.11. The number of amides is 1. The maximum atomic E-state index is 13.8. The molecule has 27 heavy (non-hydrogen) atoms. The van der Waals surface area contributed by atoms with Crippen LogP contribution >= 0.6 is 0 Å². The maximum Gasteiger partial charge on any atom is 0.259 e. The summed E-state index contributed by atoms with van der Waals surface area (Å²) in [5.41, 5.74) is -0.0367. The van der Waals surface area contributed by atoms with Gasteiger partial charge in [-0.2, -0.15) is 0 Å². The molecule has 2 aromatic rings. The molecule has 1 aliphatic rings. The molecule has 3 rings (SSSR count). The minimum Gasteiger partial charge on any atom is -0.496 e. The summed E-state index contributed by atoms with van der Waals surface area (Å²) in [7, 11) is -2.49. The number of carbonyl (C=O) groups is 1. The normalized spacial score (nSPS) is 16.9. The van der Waals surface area contributed by atoms with E-state index in [0.717, 1.165) is 0 Å². The summed E-state index contributed by atoms with van der Waals surface area (Å²) in [6, 6.07) is 9.30. The first kappa shape index (κ1) is 19.3. The summed E-state index contributed by atoms with van der Waals surface area (Å²) >= 11 is 0. The van der Waals surface area contributed by atoms with Crippen LogP contribution in [0.25, 0.3) is 0 Å². The second kappa shape index (κ2) is 8.03. The lowest BCUT2D eigenvalue weighted by Gasteiger charge is -2.14. The van der Waals surface area contributed by atoms with Gasteiger partial charge >= 0.3 is 0 Å². The van der Waals surface area contributed by atoms with Crippen LogP contribution in [0.4, 0.5) is 10.1 Å². The van der Waals surface area contributed by atoms with Gasteiger partial charge in [-0.05, 0) is 36.8 Å². The van der Waals surface area contributed by atoms with Crippen molar-refractivity contribution < 1.29 is 27.1 Å². The van der Waals surface area contributed by atoms with Crippen LogP contribution in [0.2, 0.25) is 0 Å². The van der Waals surface area contributed by atoms with Gasteiger partial charge in [-0.15, -0.1) is 0 Å². The van der Waals surface area contributed by atoms with Gasteiger partial charge < -0.3 is 14.8 Å². The van der Waals surface area contributed by atoms with Crippen molar-refractivity contribution in [3.05, 3.63) is 53.8 Å². The molecule has 1 amide bonds. The fourth-order valence-electron chi connectivity index (χ4n) is 2.70. The lowest BCUT2D eigenvalue weighted by molar-refractivity contribution is 0.102. The van der Waals surface area contributed by atoms with E-state index in [9.17, 15) is 17.6 Å². The first-order valence-electron chi connectivity index (χ1n) is 8.24. The Morgan fingerprint density at radius 3 is 2.70 bits per heavy atom. The van der Waals surface area contributed by atoms with E-state index in [2.05, 4.69) is 10.0 Å². The third kappa shape index (κ3) is 4.44. The number of nitrogens with one attached hydrogen (secondary N) is 2. The smallest absolute Gasteiger partial charge is 0.259 e. The summed E-state index contributed by atoms with van der Waals surface area (Å²) in [6.07, 6.45) is 0.579. The largest absolute Gasteiger partial charge is 0.496 e. The highest BCUT2D eigenvalue weighted by atomic mass is 32.2. The van der Waals surface area contributed by atoms with Crippen molar-refractivity contribution in [3.63, 3.8) is 0 Å². The molecule has 144 valence electrons. The summed E-state index contributed by atoms with van der Waals surface area (Å²) in [5, 5.41) is 2.42. The van der Waals surface area contributed by atoms with Gasteiger partial charge in [0, 0.05) is 12.6 Å². The molecule has 0 aliphatic carbocycles. The van der Waals surface area contributed by atoms with Gasteiger partial charge in [0.1, 0.15) is 11.6 Å². The van der Waals surface area contributed by atoms with Crippen molar-refractivity contribution in [2.24, 2.45) is 0 Å². The van der Waals surface area contributed by atoms with Crippen molar-refractivity contribution in [1.82, 2.24) is 4.72 Å². The first-order valence-corrected chi connectivity index (χ1v) is 9.73. The van der Waals surface area contributed by atoms with E-state index in [1.54, 1.807) is 6.07 Å². The van der Waals surface area contributed by atoms with Crippen LogP contribution in [0.3, 0.4) is 0 Å². The lowest BCUT2D eigenvalue weighted by Crippen LogP contribution is -2.35. The number of benzene rings is 2. The zero-order chi connectivity index (χ0) is 19.4. The van der Waals surface area contributed by atoms with E-state index in [0.29, 0.717) is 19.6 Å². The van der Waals surface area contributed by atoms with Gasteiger partial charge in [-0.25, -0.2) is 17.5 Å². The Kier molecular flexibility index (Phi) is 5.73. The monoisotopic (exact) mass is 394 g/mol. The topological polar surface area (TPSA) is 93.7 Å². The third-order valence-electron chi connectivity index (χ3n) is 4.10. The number of ether oxygens (including phenoxy) is 2. The molecule has 1 unspecified atom stereocenters. The van der Waals surface area contributed by atoms with E-state index < -0.39 is 21.7 Å². The third-order valence-corrected chi connectivity index (χ3v) is 5.62. The number of methoxy groups -OCH3 is 1. The summed E-state index contributed by atoms with van der Waals surface area (Å²) in [4.78, 5) is 12.5. The van der Waals surface area contributed by atoms with Crippen LogP contribution in [0.5, 0.6) is 5.75 Å². The van der Waals surface area contributed by atoms with Crippen molar-refractivity contribution in [2.75, 3.05) is 25.6 Å². The molecule has 2 aromatic carbocycles. The second-order valence-electron chi connectivity index (χ2n) is 5.98. The predicted octanol–water partition coefficient (Wildman–Crippen LogP) is 2.15. The molecule has 0 spiro atoms.